The van der Waals surface area contributed by atoms with Crippen LogP contribution < -0.4 is 10.1 Å². The number of rotatable bonds is 5. The molecule has 4 rings (SSSR count). The van der Waals surface area contributed by atoms with Crippen LogP contribution in [0.5, 0.6) is 23.0 Å². The van der Waals surface area contributed by atoms with Crippen LogP contribution in [0.15, 0.2) is 54.6 Å². The minimum absolute atomic E-state index is 0.00539. The highest BCUT2D eigenvalue weighted by Gasteiger charge is 2.47. The van der Waals surface area contributed by atoms with Gasteiger partial charge in [-0.25, -0.2) is 0 Å². The van der Waals surface area contributed by atoms with Gasteiger partial charge in [0, 0.05) is 40.4 Å². The molecule has 1 heterocycles. The van der Waals surface area contributed by atoms with Gasteiger partial charge in [0.1, 0.15) is 23.0 Å². The molecule has 0 atom stereocenters. The zero-order valence-corrected chi connectivity index (χ0v) is 18.7. The zero-order valence-electron chi connectivity index (χ0n) is 17.9. The number of benzene rings is 3. The largest absolute Gasteiger partial charge is 0.508 e. The van der Waals surface area contributed by atoms with Gasteiger partial charge in [0.2, 0.25) is 0 Å². The maximum absolute atomic E-state index is 11.8. The Morgan fingerprint density at radius 1 is 1.00 bits per heavy atom. The van der Waals surface area contributed by atoms with Gasteiger partial charge in [-0.3, -0.25) is 4.79 Å². The maximum Gasteiger partial charge on any atom is 0.294 e. The van der Waals surface area contributed by atoms with Crippen LogP contribution in [0.3, 0.4) is 0 Å². The molecule has 0 amide bonds. The minimum Gasteiger partial charge on any atom is -0.508 e. The van der Waals surface area contributed by atoms with E-state index < -0.39 is 5.60 Å². The van der Waals surface area contributed by atoms with Gasteiger partial charge in [0.15, 0.2) is 5.60 Å². The van der Waals surface area contributed by atoms with E-state index in [2.05, 4.69) is 5.32 Å². The second kappa shape index (κ2) is 8.16. The van der Waals surface area contributed by atoms with Crippen molar-refractivity contribution in [1.29, 1.82) is 0 Å². The first-order valence-electron chi connectivity index (χ1n) is 10.1. The van der Waals surface area contributed by atoms with Crippen LogP contribution in [0, 0.1) is 12.8 Å². The van der Waals surface area contributed by atoms with Crippen LogP contribution in [-0.2, 0) is 15.1 Å². The van der Waals surface area contributed by atoms with Gasteiger partial charge in [0.05, 0.1) is 4.99 Å². The Morgan fingerprint density at radius 2 is 1.56 bits per heavy atom. The number of phenols is 2. The van der Waals surface area contributed by atoms with E-state index in [0.29, 0.717) is 34.7 Å². The van der Waals surface area contributed by atoms with Crippen LogP contribution in [0.4, 0.5) is 5.69 Å². The summed E-state index contributed by atoms with van der Waals surface area (Å²) in [5.74, 6) is 0.862. The molecule has 0 aliphatic carbocycles. The van der Waals surface area contributed by atoms with E-state index in [0.717, 1.165) is 16.2 Å². The number of thiocarbonyl (C=S) groups is 1. The Morgan fingerprint density at radius 3 is 2.06 bits per heavy atom. The van der Waals surface area contributed by atoms with Crippen molar-refractivity contribution in [3.63, 3.8) is 0 Å². The molecule has 3 aromatic rings. The van der Waals surface area contributed by atoms with Crippen molar-refractivity contribution >= 4 is 29.4 Å². The van der Waals surface area contributed by atoms with Crippen LogP contribution >= 0.6 is 12.2 Å². The molecular formula is C25H23NO5S. The molecule has 0 radical (unpaired) electrons. The number of anilines is 1. The molecule has 0 aromatic heterocycles. The molecule has 0 fully saturated rings. The fourth-order valence-electron chi connectivity index (χ4n) is 4.01. The molecule has 0 saturated carbocycles. The molecule has 1 aliphatic heterocycles. The highest BCUT2D eigenvalue weighted by atomic mass is 32.1. The fourth-order valence-corrected chi connectivity index (χ4v) is 4.13. The van der Waals surface area contributed by atoms with Crippen LogP contribution in [0.25, 0.3) is 0 Å². The molecule has 32 heavy (non-hydrogen) atoms. The highest BCUT2D eigenvalue weighted by molar-refractivity contribution is 7.80. The molecule has 6 nitrogen and oxygen atoms in total. The van der Waals surface area contributed by atoms with Crippen molar-refractivity contribution in [2.75, 3.05) is 5.32 Å². The van der Waals surface area contributed by atoms with Crippen molar-refractivity contribution in [2.24, 2.45) is 5.92 Å². The number of ether oxygens (including phenoxy) is 2. The summed E-state index contributed by atoms with van der Waals surface area (Å²) in [5, 5.41) is 23.3. The summed E-state index contributed by atoms with van der Waals surface area (Å²) < 4.78 is 11.8. The maximum atomic E-state index is 11.8. The number of hydrogen-bond acceptors (Lipinski definition) is 6. The first-order chi connectivity index (χ1) is 15.3. The standard InChI is InChI=1S/C25H23NO5S/c1-14(2)24(32)26-16-4-7-19(15(3)10-16)25(30-13-27)20-8-5-17(28)11-22(20)31-23-12-18(29)6-9-21(23)25/h4-14,28-29H,1-3H3,(H,26,32). The first-order valence-corrected chi connectivity index (χ1v) is 10.6. The third-order valence-corrected chi connectivity index (χ3v) is 6.10. The van der Waals surface area contributed by atoms with E-state index in [-0.39, 0.29) is 17.4 Å². The van der Waals surface area contributed by atoms with E-state index in [1.165, 1.54) is 24.3 Å². The van der Waals surface area contributed by atoms with Crippen molar-refractivity contribution < 1.29 is 24.5 Å². The predicted molar refractivity (Wildman–Crippen MR) is 126 cm³/mol. The summed E-state index contributed by atoms with van der Waals surface area (Å²) in [7, 11) is 0. The smallest absolute Gasteiger partial charge is 0.294 e. The SMILES string of the molecule is Cc1cc(NC(=S)C(C)C)ccc1C1(OC=O)c2ccc(O)cc2Oc2cc(O)ccc21. The first kappa shape index (κ1) is 21.6. The summed E-state index contributed by atoms with van der Waals surface area (Å²) in [6, 6.07) is 15.0. The Kier molecular flexibility index (Phi) is 5.52. The lowest BCUT2D eigenvalue weighted by Gasteiger charge is -2.39. The van der Waals surface area contributed by atoms with Crippen molar-refractivity contribution in [1.82, 2.24) is 0 Å². The molecule has 3 aromatic carbocycles. The minimum atomic E-state index is -1.34. The second-order valence-electron chi connectivity index (χ2n) is 8.03. The number of aryl methyl sites for hydroxylation is 1. The second-order valence-corrected chi connectivity index (χ2v) is 8.47. The van der Waals surface area contributed by atoms with E-state index in [4.69, 9.17) is 21.7 Å². The molecule has 0 saturated heterocycles. The lowest BCUT2D eigenvalue weighted by molar-refractivity contribution is -0.137. The third-order valence-electron chi connectivity index (χ3n) is 5.53. The normalized spacial score (nSPS) is 13.5. The number of hydrogen-bond donors (Lipinski definition) is 3. The number of aromatic hydroxyl groups is 2. The monoisotopic (exact) mass is 449 g/mol. The number of nitrogens with one attached hydrogen (secondary N) is 1. The number of carbonyl (C=O) groups is 1. The third kappa shape index (κ3) is 3.54. The van der Waals surface area contributed by atoms with Gasteiger partial charge in [-0.1, -0.05) is 32.1 Å². The van der Waals surface area contributed by atoms with E-state index in [9.17, 15) is 15.0 Å². The summed E-state index contributed by atoms with van der Waals surface area (Å²) in [6.07, 6.45) is 0. The summed E-state index contributed by atoms with van der Waals surface area (Å²) >= 11 is 5.41. The summed E-state index contributed by atoms with van der Waals surface area (Å²) in [5.41, 5.74) is 2.17. The molecule has 7 heteroatoms. The lowest BCUT2D eigenvalue weighted by Crippen LogP contribution is -2.36. The zero-order chi connectivity index (χ0) is 23.0. The van der Waals surface area contributed by atoms with Gasteiger partial charge >= 0.3 is 0 Å². The van der Waals surface area contributed by atoms with Crippen molar-refractivity contribution in [2.45, 2.75) is 26.4 Å². The van der Waals surface area contributed by atoms with E-state index in [1.54, 1.807) is 12.1 Å². The molecular weight excluding hydrogens is 426 g/mol. The van der Waals surface area contributed by atoms with Crippen molar-refractivity contribution in [3.05, 3.63) is 76.9 Å². The molecule has 164 valence electrons. The highest BCUT2D eigenvalue weighted by Crippen LogP contribution is 2.54. The number of phenolic OH excluding ortho intramolecular Hbond substituents is 2. The molecule has 0 unspecified atom stereocenters. The summed E-state index contributed by atoms with van der Waals surface area (Å²) in [6.45, 7) is 6.36. The van der Waals surface area contributed by atoms with Gasteiger partial charge in [-0.15, -0.1) is 0 Å². The Hall–Kier alpha value is -3.58. The Balaban J connectivity index is 1.96. The Labute approximate surface area is 191 Å². The Bertz CT molecular complexity index is 1170. The van der Waals surface area contributed by atoms with E-state index in [1.807, 2.05) is 39.0 Å². The number of carbonyl (C=O) groups excluding carboxylic acids is 1. The number of fused-ring (bicyclic) bond motifs is 2. The molecule has 1 aliphatic rings. The molecule has 3 N–H and O–H groups in total. The average molecular weight is 450 g/mol. The van der Waals surface area contributed by atoms with E-state index >= 15 is 0 Å². The van der Waals surface area contributed by atoms with Gasteiger partial charge in [-0.2, -0.15) is 0 Å². The van der Waals surface area contributed by atoms with Crippen LogP contribution in [0.1, 0.15) is 36.1 Å². The molecule has 0 bridgehead atoms. The fraction of sp³-hybridized carbons (Fsp3) is 0.200. The predicted octanol–water partition coefficient (Wildman–Crippen LogP) is 5.37. The van der Waals surface area contributed by atoms with Crippen LogP contribution in [0.2, 0.25) is 0 Å². The summed E-state index contributed by atoms with van der Waals surface area (Å²) in [4.78, 5) is 12.5. The quantitative estimate of drug-likeness (QED) is 0.356. The van der Waals surface area contributed by atoms with Crippen LogP contribution in [-0.4, -0.2) is 21.7 Å². The van der Waals surface area contributed by atoms with Crippen molar-refractivity contribution in [3.8, 4) is 23.0 Å². The van der Waals surface area contributed by atoms with Gasteiger partial charge in [0.25, 0.3) is 6.47 Å². The van der Waals surface area contributed by atoms with Gasteiger partial charge in [-0.05, 0) is 48.9 Å². The topological polar surface area (TPSA) is 88.0 Å². The van der Waals surface area contributed by atoms with Gasteiger partial charge < -0.3 is 25.0 Å². The lowest BCUT2D eigenvalue weighted by atomic mass is 9.76. The average Bonchev–Trinajstić information content (AvgIpc) is 2.73. The molecule has 0 spiro atoms.